The van der Waals surface area contributed by atoms with Crippen LogP contribution in [0, 0.1) is 5.92 Å². The molecule has 1 aliphatic rings. The summed E-state index contributed by atoms with van der Waals surface area (Å²) in [6.07, 6.45) is -5.71. The molecular formula is C23H34F6N4O5. The number of carboxylic acids is 2. The smallest absolute Gasteiger partial charge is 0.490 e. The molecule has 9 nitrogen and oxygen atoms in total. The van der Waals surface area contributed by atoms with E-state index >= 15 is 0 Å². The van der Waals surface area contributed by atoms with Crippen molar-refractivity contribution in [1.82, 2.24) is 4.90 Å². The number of guanidine groups is 1. The summed E-state index contributed by atoms with van der Waals surface area (Å²) in [5.41, 5.74) is 6.65. The summed E-state index contributed by atoms with van der Waals surface area (Å²) in [4.78, 5) is 24.9. The molecule has 0 radical (unpaired) electrons. The van der Waals surface area contributed by atoms with Crippen LogP contribution in [0.25, 0.3) is 0 Å². The van der Waals surface area contributed by atoms with Crippen molar-refractivity contribution in [2.45, 2.75) is 51.9 Å². The standard InChI is InChI=1S/C19H32N4O.2C2HF3O2/c1-3-14-24-18-9-7-17(8-10-18)22-19(21-12-5-11-20)23-13-4-6-16(2)15-23;2*3-2(4,5)1(6)7/h7-10,16H,3-6,11-15,20H2,1-2H3,(H,21,22);2*(H,6,7). The Balaban J connectivity index is 0.000000804. The molecule has 0 bridgehead atoms. The first-order chi connectivity index (χ1) is 17.6. The van der Waals surface area contributed by atoms with E-state index in [4.69, 9.17) is 35.3 Å². The molecule has 1 aromatic rings. The minimum Gasteiger partial charge on any atom is -0.494 e. The molecule has 1 aromatic carbocycles. The van der Waals surface area contributed by atoms with Crippen molar-refractivity contribution in [1.29, 1.82) is 0 Å². The highest BCUT2D eigenvalue weighted by Crippen LogP contribution is 2.19. The van der Waals surface area contributed by atoms with Gasteiger partial charge in [0.15, 0.2) is 5.96 Å². The molecule has 38 heavy (non-hydrogen) atoms. The van der Waals surface area contributed by atoms with Gasteiger partial charge in [0, 0.05) is 25.3 Å². The number of hydrogen-bond donors (Lipinski definition) is 4. The van der Waals surface area contributed by atoms with Crippen LogP contribution in [0.2, 0.25) is 0 Å². The first kappa shape index (κ1) is 34.8. The minimum absolute atomic E-state index is 0.677. The van der Waals surface area contributed by atoms with Gasteiger partial charge in [-0.25, -0.2) is 9.59 Å². The van der Waals surface area contributed by atoms with Crippen LogP contribution >= 0.6 is 0 Å². The molecule has 0 amide bonds. The lowest BCUT2D eigenvalue weighted by atomic mass is 10.0. The Labute approximate surface area is 216 Å². The van der Waals surface area contributed by atoms with Gasteiger partial charge in [0.25, 0.3) is 0 Å². The molecule has 218 valence electrons. The summed E-state index contributed by atoms with van der Waals surface area (Å²) >= 11 is 0. The molecule has 1 heterocycles. The molecule has 5 N–H and O–H groups in total. The number of nitrogens with two attached hydrogens (primary N) is 1. The Morgan fingerprint density at radius 3 is 2.05 bits per heavy atom. The van der Waals surface area contributed by atoms with Crippen LogP contribution in [0.15, 0.2) is 29.3 Å². The van der Waals surface area contributed by atoms with Crippen molar-refractivity contribution in [2.75, 3.05) is 38.1 Å². The van der Waals surface area contributed by atoms with E-state index < -0.39 is 24.3 Å². The van der Waals surface area contributed by atoms with Gasteiger partial charge >= 0.3 is 24.3 Å². The van der Waals surface area contributed by atoms with Gasteiger partial charge < -0.3 is 30.9 Å². The van der Waals surface area contributed by atoms with Crippen molar-refractivity contribution in [3.05, 3.63) is 24.3 Å². The van der Waals surface area contributed by atoms with Gasteiger partial charge in [-0.05, 0) is 62.4 Å². The van der Waals surface area contributed by atoms with Crippen LogP contribution in [0.3, 0.4) is 0 Å². The van der Waals surface area contributed by atoms with Crippen LogP contribution in [0.4, 0.5) is 32.0 Å². The third-order valence-electron chi connectivity index (χ3n) is 4.65. The zero-order valence-electron chi connectivity index (χ0n) is 21.1. The van der Waals surface area contributed by atoms with Crippen molar-refractivity contribution in [3.63, 3.8) is 0 Å². The highest BCUT2D eigenvalue weighted by atomic mass is 19.4. The Morgan fingerprint density at radius 1 is 1.11 bits per heavy atom. The second kappa shape index (κ2) is 17.3. The number of benzene rings is 1. The average molecular weight is 561 g/mol. The fraction of sp³-hybridized carbons (Fsp3) is 0.609. The van der Waals surface area contributed by atoms with Gasteiger partial charge in [0.2, 0.25) is 0 Å². The van der Waals surface area contributed by atoms with E-state index in [0.29, 0.717) is 12.5 Å². The van der Waals surface area contributed by atoms with E-state index in [1.165, 1.54) is 12.8 Å². The molecule has 1 aliphatic heterocycles. The maximum atomic E-state index is 10.6. The number of carboxylic acid groups (broad SMARTS) is 2. The minimum atomic E-state index is -5.08. The maximum Gasteiger partial charge on any atom is 0.490 e. The van der Waals surface area contributed by atoms with Crippen LogP contribution in [-0.4, -0.2) is 78.1 Å². The number of halogens is 6. The number of nitrogens with zero attached hydrogens (tertiary/aromatic N) is 2. The predicted octanol–water partition coefficient (Wildman–Crippen LogP) is 4.59. The van der Waals surface area contributed by atoms with Gasteiger partial charge in [-0.15, -0.1) is 0 Å². The number of anilines is 1. The number of nitrogens with one attached hydrogen (secondary N) is 1. The number of aliphatic carboxylic acids is 2. The third kappa shape index (κ3) is 15.8. The lowest BCUT2D eigenvalue weighted by Crippen LogP contribution is -2.43. The summed E-state index contributed by atoms with van der Waals surface area (Å²) in [6, 6.07) is 8.12. The molecule has 1 saturated heterocycles. The molecule has 0 aromatic heterocycles. The zero-order chi connectivity index (χ0) is 29.4. The first-order valence-corrected chi connectivity index (χ1v) is 11.7. The number of aliphatic imine (C=N–C) groups is 1. The predicted molar refractivity (Wildman–Crippen MR) is 129 cm³/mol. The summed E-state index contributed by atoms with van der Waals surface area (Å²) in [7, 11) is 0. The first-order valence-electron chi connectivity index (χ1n) is 11.7. The molecule has 15 heteroatoms. The Hall–Kier alpha value is -3.23. The fourth-order valence-corrected chi connectivity index (χ4v) is 2.86. The van der Waals surface area contributed by atoms with Crippen LogP contribution in [-0.2, 0) is 9.59 Å². The lowest BCUT2D eigenvalue weighted by molar-refractivity contribution is -0.193. The normalized spacial score (nSPS) is 15.9. The van der Waals surface area contributed by atoms with Gasteiger partial charge in [-0.2, -0.15) is 26.3 Å². The highest BCUT2D eigenvalue weighted by molar-refractivity contribution is 5.93. The maximum absolute atomic E-state index is 10.6. The van der Waals surface area contributed by atoms with Gasteiger partial charge in [-0.3, -0.25) is 4.99 Å². The second-order valence-corrected chi connectivity index (χ2v) is 8.14. The van der Waals surface area contributed by atoms with Crippen molar-refractivity contribution >= 4 is 23.6 Å². The summed E-state index contributed by atoms with van der Waals surface area (Å²) < 4.78 is 69.1. The van der Waals surface area contributed by atoms with Gasteiger partial charge in [0.1, 0.15) is 5.75 Å². The Kier molecular flexibility index (Phi) is 15.8. The average Bonchev–Trinajstić information content (AvgIpc) is 2.82. The van der Waals surface area contributed by atoms with Gasteiger partial charge in [0.05, 0.1) is 6.61 Å². The van der Waals surface area contributed by atoms with E-state index in [9.17, 15) is 26.3 Å². The molecular weight excluding hydrogens is 526 g/mol. The number of hydrogen-bond acceptors (Lipinski definition) is 5. The van der Waals surface area contributed by atoms with E-state index in [-0.39, 0.29) is 0 Å². The Bertz CT molecular complexity index is 839. The Morgan fingerprint density at radius 2 is 1.63 bits per heavy atom. The number of alkyl halides is 6. The summed E-state index contributed by atoms with van der Waals surface area (Å²) in [6.45, 7) is 8.74. The van der Waals surface area contributed by atoms with Gasteiger partial charge in [-0.1, -0.05) is 13.8 Å². The van der Waals surface area contributed by atoms with Crippen LogP contribution < -0.4 is 15.8 Å². The molecule has 1 fully saturated rings. The highest BCUT2D eigenvalue weighted by Gasteiger charge is 2.38. The van der Waals surface area contributed by atoms with Crippen LogP contribution in [0.5, 0.6) is 5.75 Å². The molecule has 1 atom stereocenters. The topological polar surface area (TPSA) is 137 Å². The molecule has 2 rings (SSSR count). The summed E-state index contributed by atoms with van der Waals surface area (Å²) in [5, 5.41) is 17.7. The fourth-order valence-electron chi connectivity index (χ4n) is 2.86. The second-order valence-electron chi connectivity index (χ2n) is 8.14. The molecule has 0 saturated carbocycles. The number of likely N-dealkylation sites (tertiary alicyclic amines) is 1. The van der Waals surface area contributed by atoms with E-state index in [1.54, 1.807) is 0 Å². The molecule has 1 unspecified atom stereocenters. The summed E-state index contributed by atoms with van der Waals surface area (Å²) in [5.74, 6) is -2.92. The van der Waals surface area contributed by atoms with Crippen molar-refractivity contribution in [2.24, 2.45) is 16.6 Å². The largest absolute Gasteiger partial charge is 0.494 e. The third-order valence-corrected chi connectivity index (χ3v) is 4.65. The van der Waals surface area contributed by atoms with E-state index in [1.807, 2.05) is 12.1 Å². The molecule has 0 spiro atoms. The molecule has 0 aliphatic carbocycles. The van der Waals surface area contributed by atoms with Crippen molar-refractivity contribution in [3.8, 4) is 5.75 Å². The lowest BCUT2D eigenvalue weighted by Gasteiger charge is -2.33. The van der Waals surface area contributed by atoms with Crippen LogP contribution in [0.1, 0.15) is 39.5 Å². The SMILES string of the molecule is CCCOc1ccc(NC(=NCCCN)N2CCCC(C)C2)cc1.O=C(O)C(F)(F)F.O=C(O)C(F)(F)F. The van der Waals surface area contributed by atoms with E-state index in [2.05, 4.69) is 36.2 Å². The number of piperidine rings is 1. The quantitative estimate of drug-likeness (QED) is 0.165. The number of ether oxygens (including phenoxy) is 1. The van der Waals surface area contributed by atoms with Crippen molar-refractivity contribution < 1.29 is 50.9 Å². The zero-order valence-corrected chi connectivity index (χ0v) is 21.1. The number of carbonyl (C=O) groups is 2. The number of rotatable bonds is 7. The van der Waals surface area contributed by atoms with E-state index in [0.717, 1.165) is 56.5 Å². The monoisotopic (exact) mass is 560 g/mol.